The van der Waals surface area contributed by atoms with Crippen molar-refractivity contribution in [3.63, 3.8) is 0 Å². The van der Waals surface area contributed by atoms with E-state index in [1.54, 1.807) is 6.07 Å². The Bertz CT molecular complexity index is 397. The van der Waals surface area contributed by atoms with Gasteiger partial charge in [-0.1, -0.05) is 6.07 Å². The van der Waals surface area contributed by atoms with Gasteiger partial charge < -0.3 is 10.4 Å². The summed E-state index contributed by atoms with van der Waals surface area (Å²) in [5, 5.41) is 12.4. The zero-order valence-corrected chi connectivity index (χ0v) is 9.22. The van der Waals surface area contributed by atoms with Crippen LogP contribution in [0.4, 0.5) is 13.2 Å². The molecule has 0 saturated carbocycles. The van der Waals surface area contributed by atoms with Crippen LogP contribution in [0.2, 0.25) is 0 Å². The monoisotopic (exact) mass is 245 g/mol. The van der Waals surface area contributed by atoms with Crippen LogP contribution in [0.1, 0.15) is 29.9 Å². The molecule has 17 heavy (non-hydrogen) atoms. The van der Waals surface area contributed by atoms with Crippen molar-refractivity contribution in [2.45, 2.75) is 24.9 Å². The highest BCUT2D eigenvalue weighted by molar-refractivity contribution is 5.39. The number of aromatic hydroxyl groups is 1. The lowest BCUT2D eigenvalue weighted by Crippen LogP contribution is -2.26. The number of hydrogen-bond donors (Lipinski definition) is 2. The summed E-state index contributed by atoms with van der Waals surface area (Å²) in [5.41, 5.74) is -0.273. The van der Waals surface area contributed by atoms with Gasteiger partial charge >= 0.3 is 6.18 Å². The molecule has 0 amide bonds. The van der Waals surface area contributed by atoms with E-state index in [2.05, 4.69) is 5.32 Å². The van der Waals surface area contributed by atoms with E-state index in [4.69, 9.17) is 0 Å². The Hall–Kier alpha value is -1.23. The molecule has 0 spiro atoms. The number of alkyl halides is 3. The minimum absolute atomic E-state index is 0.151. The Balaban J connectivity index is 2.30. The first kappa shape index (κ1) is 12.2. The molecule has 1 aromatic rings. The third kappa shape index (κ3) is 2.72. The van der Waals surface area contributed by atoms with Crippen molar-refractivity contribution in [1.82, 2.24) is 5.32 Å². The highest BCUT2D eigenvalue weighted by Gasteiger charge is 2.34. The van der Waals surface area contributed by atoms with Gasteiger partial charge in [0.15, 0.2) is 0 Å². The smallest absolute Gasteiger partial charge is 0.419 e. The maximum absolute atomic E-state index is 12.6. The second-order valence-electron chi connectivity index (χ2n) is 4.30. The molecule has 1 fully saturated rings. The van der Waals surface area contributed by atoms with Gasteiger partial charge in [0.05, 0.1) is 5.56 Å². The molecule has 0 unspecified atom stereocenters. The van der Waals surface area contributed by atoms with Crippen molar-refractivity contribution in [3.8, 4) is 5.75 Å². The Labute approximate surface area is 97.5 Å². The van der Waals surface area contributed by atoms with E-state index >= 15 is 0 Å². The van der Waals surface area contributed by atoms with E-state index in [0.29, 0.717) is 5.56 Å². The number of benzene rings is 1. The summed E-state index contributed by atoms with van der Waals surface area (Å²) in [6.07, 6.45) is -2.82. The SMILES string of the molecule is Oc1ccc(C2CCNCC2)cc1C(F)(F)F. The summed E-state index contributed by atoms with van der Waals surface area (Å²) >= 11 is 0. The van der Waals surface area contributed by atoms with Gasteiger partial charge in [0.25, 0.3) is 0 Å². The summed E-state index contributed by atoms with van der Waals surface area (Å²) < 4.78 is 37.9. The fraction of sp³-hybridized carbons (Fsp3) is 0.500. The second-order valence-corrected chi connectivity index (χ2v) is 4.30. The van der Waals surface area contributed by atoms with Crippen molar-refractivity contribution in [2.24, 2.45) is 0 Å². The lowest BCUT2D eigenvalue weighted by molar-refractivity contribution is -0.138. The van der Waals surface area contributed by atoms with Crippen molar-refractivity contribution in [2.75, 3.05) is 13.1 Å². The van der Waals surface area contributed by atoms with Crippen molar-refractivity contribution in [1.29, 1.82) is 0 Å². The summed E-state index contributed by atoms with van der Waals surface area (Å²) in [6, 6.07) is 3.80. The lowest BCUT2D eigenvalue weighted by Gasteiger charge is -2.23. The van der Waals surface area contributed by atoms with Crippen molar-refractivity contribution < 1.29 is 18.3 Å². The molecule has 1 saturated heterocycles. The zero-order valence-electron chi connectivity index (χ0n) is 9.22. The Morgan fingerprint density at radius 2 is 1.82 bits per heavy atom. The number of nitrogens with one attached hydrogen (secondary N) is 1. The third-order valence-corrected chi connectivity index (χ3v) is 3.14. The van der Waals surface area contributed by atoms with Crippen LogP contribution in [-0.2, 0) is 6.18 Å². The highest BCUT2D eigenvalue weighted by atomic mass is 19.4. The molecule has 0 aliphatic carbocycles. The molecule has 5 heteroatoms. The van der Waals surface area contributed by atoms with Gasteiger partial charge in [0.2, 0.25) is 0 Å². The van der Waals surface area contributed by atoms with Gasteiger partial charge in [-0.2, -0.15) is 13.2 Å². The van der Waals surface area contributed by atoms with E-state index in [-0.39, 0.29) is 5.92 Å². The van der Waals surface area contributed by atoms with Gasteiger partial charge in [-0.3, -0.25) is 0 Å². The van der Waals surface area contributed by atoms with Crippen molar-refractivity contribution >= 4 is 0 Å². The van der Waals surface area contributed by atoms with Crippen LogP contribution in [-0.4, -0.2) is 18.2 Å². The lowest BCUT2D eigenvalue weighted by atomic mass is 9.89. The molecule has 2 rings (SSSR count). The average Bonchev–Trinajstić information content (AvgIpc) is 2.29. The first-order valence-corrected chi connectivity index (χ1v) is 5.59. The maximum atomic E-state index is 12.6. The summed E-state index contributed by atoms with van der Waals surface area (Å²) in [6.45, 7) is 1.65. The Morgan fingerprint density at radius 1 is 1.18 bits per heavy atom. The molecule has 1 aromatic carbocycles. The maximum Gasteiger partial charge on any atom is 0.419 e. The Kier molecular flexibility index (Phi) is 3.28. The van der Waals surface area contributed by atoms with Gasteiger partial charge in [0, 0.05) is 0 Å². The largest absolute Gasteiger partial charge is 0.507 e. The third-order valence-electron chi connectivity index (χ3n) is 3.14. The minimum Gasteiger partial charge on any atom is -0.507 e. The summed E-state index contributed by atoms with van der Waals surface area (Å²) in [4.78, 5) is 0. The molecule has 2 N–H and O–H groups in total. The van der Waals surface area contributed by atoms with Crippen molar-refractivity contribution in [3.05, 3.63) is 29.3 Å². The van der Waals surface area contributed by atoms with Crippen LogP contribution in [0, 0.1) is 0 Å². The molecule has 1 heterocycles. The molecular formula is C12H14F3NO. The molecule has 0 bridgehead atoms. The number of phenols is 1. The molecule has 2 nitrogen and oxygen atoms in total. The number of piperidine rings is 1. The van der Waals surface area contributed by atoms with Crippen LogP contribution < -0.4 is 5.32 Å². The highest BCUT2D eigenvalue weighted by Crippen LogP contribution is 2.38. The molecule has 94 valence electrons. The number of halogens is 3. The average molecular weight is 245 g/mol. The van der Waals surface area contributed by atoms with Gasteiger partial charge in [0.1, 0.15) is 5.75 Å². The fourth-order valence-electron chi connectivity index (χ4n) is 2.19. The van der Waals surface area contributed by atoms with E-state index in [1.807, 2.05) is 0 Å². The summed E-state index contributed by atoms with van der Waals surface area (Å²) in [7, 11) is 0. The number of hydrogen-bond acceptors (Lipinski definition) is 2. The van der Waals surface area contributed by atoms with E-state index < -0.39 is 17.5 Å². The van der Waals surface area contributed by atoms with Gasteiger partial charge in [-0.25, -0.2) is 0 Å². The minimum atomic E-state index is -4.49. The number of phenolic OH excluding ortho intramolecular Hbond substituents is 1. The van der Waals surface area contributed by atoms with E-state index in [9.17, 15) is 18.3 Å². The second kappa shape index (κ2) is 4.56. The normalized spacial score (nSPS) is 18.3. The molecular weight excluding hydrogens is 231 g/mol. The first-order valence-electron chi connectivity index (χ1n) is 5.59. The standard InChI is InChI=1S/C12H14F3NO/c13-12(14,15)10-7-9(1-2-11(10)17)8-3-5-16-6-4-8/h1-2,7-8,16-17H,3-6H2. The Morgan fingerprint density at radius 3 is 2.41 bits per heavy atom. The van der Waals surface area contributed by atoms with Crippen LogP contribution in [0.15, 0.2) is 18.2 Å². The molecule has 0 atom stereocenters. The zero-order chi connectivity index (χ0) is 12.5. The predicted molar refractivity (Wildman–Crippen MR) is 58.0 cm³/mol. The molecule has 0 aromatic heterocycles. The molecule has 1 aliphatic rings. The fourth-order valence-corrected chi connectivity index (χ4v) is 2.19. The van der Waals surface area contributed by atoms with Crippen LogP contribution in [0.25, 0.3) is 0 Å². The number of rotatable bonds is 1. The molecule has 1 aliphatic heterocycles. The van der Waals surface area contributed by atoms with Gasteiger partial charge in [-0.05, 0) is 49.5 Å². The summed E-state index contributed by atoms with van der Waals surface area (Å²) in [5.74, 6) is -0.548. The topological polar surface area (TPSA) is 32.3 Å². The van der Waals surface area contributed by atoms with E-state index in [1.165, 1.54) is 0 Å². The van der Waals surface area contributed by atoms with Gasteiger partial charge in [-0.15, -0.1) is 0 Å². The quantitative estimate of drug-likeness (QED) is 0.797. The van der Waals surface area contributed by atoms with E-state index in [0.717, 1.165) is 38.1 Å². The molecule has 0 radical (unpaired) electrons. The van der Waals surface area contributed by atoms with Crippen LogP contribution in [0.3, 0.4) is 0 Å². The van der Waals surface area contributed by atoms with Crippen LogP contribution >= 0.6 is 0 Å². The first-order chi connectivity index (χ1) is 7.98. The predicted octanol–water partition coefficient (Wildman–Crippen LogP) is 2.88. The van der Waals surface area contributed by atoms with Crippen LogP contribution in [0.5, 0.6) is 5.75 Å².